The summed E-state index contributed by atoms with van der Waals surface area (Å²) in [6.07, 6.45) is -0.222. The van der Waals surface area contributed by atoms with Crippen LogP contribution in [-0.4, -0.2) is 26.2 Å². The van der Waals surface area contributed by atoms with Crippen molar-refractivity contribution in [3.63, 3.8) is 0 Å². The molecular weight excluding hydrogens is 106 g/mol. The molecule has 0 fully saturated rings. The van der Waals surface area contributed by atoms with Crippen molar-refractivity contribution in [1.29, 1.82) is 5.41 Å². The first-order valence-electron chi connectivity index (χ1n) is 2.37. The molecule has 0 amide bonds. The molecule has 0 aliphatic carbocycles. The Morgan fingerprint density at radius 2 is 2.00 bits per heavy atom. The second kappa shape index (κ2) is 3.43. The van der Waals surface area contributed by atoms with Crippen molar-refractivity contribution in [1.82, 2.24) is 0 Å². The molecule has 3 nitrogen and oxygen atoms in total. The summed E-state index contributed by atoms with van der Waals surface area (Å²) in [4.78, 5) is 0. The minimum absolute atomic E-state index is 0.160. The zero-order valence-electron chi connectivity index (χ0n) is 5.39. The van der Waals surface area contributed by atoms with Crippen molar-refractivity contribution in [3.8, 4) is 0 Å². The third-order valence-electron chi connectivity index (χ3n) is 0.943. The number of rotatable bonds is 2. The van der Waals surface area contributed by atoms with Gasteiger partial charge < -0.3 is 9.47 Å². The molecule has 0 rings (SSSR count). The lowest BCUT2D eigenvalue weighted by molar-refractivity contribution is 0.146. The lowest BCUT2D eigenvalue weighted by Crippen LogP contribution is -2.19. The van der Waals surface area contributed by atoms with Crippen LogP contribution in [-0.2, 0) is 9.47 Å². The van der Waals surface area contributed by atoms with Crippen LogP contribution >= 0.6 is 0 Å². The van der Waals surface area contributed by atoms with Gasteiger partial charge in [0.1, 0.15) is 6.10 Å². The van der Waals surface area contributed by atoms with Crippen LogP contribution < -0.4 is 0 Å². The van der Waals surface area contributed by atoms with Gasteiger partial charge in [0.2, 0.25) is 5.90 Å². The maximum Gasteiger partial charge on any atom is 0.209 e. The average molecular weight is 117 g/mol. The molecule has 0 aromatic heterocycles. The molecule has 0 heterocycles. The van der Waals surface area contributed by atoms with Crippen LogP contribution in [0.1, 0.15) is 6.92 Å². The summed E-state index contributed by atoms with van der Waals surface area (Å²) in [5.74, 6) is 0.160. The molecule has 0 bridgehead atoms. The number of ether oxygens (including phenoxy) is 2. The summed E-state index contributed by atoms with van der Waals surface area (Å²) in [6, 6.07) is 0. The SMILES string of the molecule is COC(=N)C(C)OC. The minimum atomic E-state index is -0.222. The van der Waals surface area contributed by atoms with Crippen molar-refractivity contribution in [2.75, 3.05) is 14.2 Å². The molecule has 0 spiro atoms. The second-order valence-corrected chi connectivity index (χ2v) is 1.45. The van der Waals surface area contributed by atoms with Crippen LogP contribution in [0.25, 0.3) is 0 Å². The number of methoxy groups -OCH3 is 2. The second-order valence-electron chi connectivity index (χ2n) is 1.45. The van der Waals surface area contributed by atoms with Crippen molar-refractivity contribution >= 4 is 5.90 Å². The highest BCUT2D eigenvalue weighted by Gasteiger charge is 2.04. The Labute approximate surface area is 49.1 Å². The molecule has 0 saturated carbocycles. The van der Waals surface area contributed by atoms with Gasteiger partial charge in [-0.25, -0.2) is 0 Å². The van der Waals surface area contributed by atoms with E-state index in [0.29, 0.717) is 0 Å². The molecule has 0 aliphatic heterocycles. The fraction of sp³-hybridized carbons (Fsp3) is 0.800. The Balaban J connectivity index is 3.46. The number of hydrogen-bond acceptors (Lipinski definition) is 3. The predicted octanol–water partition coefficient (Wildman–Crippen LogP) is 0.645. The highest BCUT2D eigenvalue weighted by atomic mass is 16.5. The first kappa shape index (κ1) is 7.43. The molecule has 1 atom stereocenters. The molecule has 0 aromatic carbocycles. The highest BCUT2D eigenvalue weighted by molar-refractivity contribution is 5.76. The van der Waals surface area contributed by atoms with Gasteiger partial charge in [0.15, 0.2) is 0 Å². The van der Waals surface area contributed by atoms with Gasteiger partial charge in [0, 0.05) is 7.11 Å². The molecule has 48 valence electrons. The zero-order chi connectivity index (χ0) is 6.57. The third-order valence-corrected chi connectivity index (χ3v) is 0.943. The van der Waals surface area contributed by atoms with Crippen LogP contribution in [0.3, 0.4) is 0 Å². The topological polar surface area (TPSA) is 42.3 Å². The summed E-state index contributed by atoms with van der Waals surface area (Å²) in [6.45, 7) is 1.76. The van der Waals surface area contributed by atoms with E-state index >= 15 is 0 Å². The lowest BCUT2D eigenvalue weighted by atomic mass is 10.4. The van der Waals surface area contributed by atoms with E-state index in [0.717, 1.165) is 0 Å². The molecule has 1 N–H and O–H groups in total. The van der Waals surface area contributed by atoms with Crippen LogP contribution in [0.2, 0.25) is 0 Å². The first-order valence-corrected chi connectivity index (χ1v) is 2.37. The fourth-order valence-corrected chi connectivity index (χ4v) is 0.273. The number of hydrogen-bond donors (Lipinski definition) is 1. The third kappa shape index (κ3) is 1.93. The summed E-state index contributed by atoms with van der Waals surface area (Å²) < 4.78 is 9.31. The van der Waals surface area contributed by atoms with E-state index in [4.69, 9.17) is 10.1 Å². The molecule has 1 unspecified atom stereocenters. The Hall–Kier alpha value is -0.570. The van der Waals surface area contributed by atoms with Crippen molar-refractivity contribution < 1.29 is 9.47 Å². The lowest BCUT2D eigenvalue weighted by Gasteiger charge is -2.07. The van der Waals surface area contributed by atoms with E-state index < -0.39 is 0 Å². The maximum absolute atomic E-state index is 7.00. The van der Waals surface area contributed by atoms with Crippen molar-refractivity contribution in [3.05, 3.63) is 0 Å². The Kier molecular flexibility index (Phi) is 3.19. The molecule has 0 aromatic rings. The molecular formula is C5H11NO2. The van der Waals surface area contributed by atoms with Gasteiger partial charge in [0.25, 0.3) is 0 Å². The van der Waals surface area contributed by atoms with Crippen LogP contribution in [0.5, 0.6) is 0 Å². The molecule has 8 heavy (non-hydrogen) atoms. The molecule has 0 aliphatic rings. The van der Waals surface area contributed by atoms with Gasteiger partial charge >= 0.3 is 0 Å². The van der Waals surface area contributed by atoms with Gasteiger partial charge in [-0.15, -0.1) is 0 Å². The number of nitrogens with one attached hydrogen (secondary N) is 1. The summed E-state index contributed by atoms with van der Waals surface area (Å²) in [5, 5.41) is 7.00. The highest BCUT2D eigenvalue weighted by Crippen LogP contribution is 1.89. The smallest absolute Gasteiger partial charge is 0.209 e. The standard InChI is InChI=1S/C5H11NO2/c1-4(7-2)5(6)8-3/h4,6H,1-3H3. The normalized spacial score (nSPS) is 12.9. The molecule has 3 heteroatoms. The average Bonchev–Trinajstić information content (AvgIpc) is 1.84. The van der Waals surface area contributed by atoms with E-state index in [2.05, 4.69) is 4.74 Å². The van der Waals surface area contributed by atoms with Crippen LogP contribution in [0.15, 0.2) is 0 Å². The largest absolute Gasteiger partial charge is 0.483 e. The maximum atomic E-state index is 7.00. The van der Waals surface area contributed by atoms with Gasteiger partial charge in [0.05, 0.1) is 7.11 Å². The van der Waals surface area contributed by atoms with E-state index in [1.54, 1.807) is 6.92 Å². The van der Waals surface area contributed by atoms with Crippen LogP contribution in [0.4, 0.5) is 0 Å². The van der Waals surface area contributed by atoms with Gasteiger partial charge in [-0.3, -0.25) is 5.41 Å². The molecule has 0 radical (unpaired) electrons. The van der Waals surface area contributed by atoms with Crippen molar-refractivity contribution in [2.24, 2.45) is 0 Å². The van der Waals surface area contributed by atoms with E-state index in [1.165, 1.54) is 14.2 Å². The van der Waals surface area contributed by atoms with E-state index in [9.17, 15) is 0 Å². The van der Waals surface area contributed by atoms with Crippen LogP contribution in [0, 0.1) is 5.41 Å². The summed E-state index contributed by atoms with van der Waals surface area (Å²) in [7, 11) is 3.00. The Morgan fingerprint density at radius 3 is 2.12 bits per heavy atom. The zero-order valence-corrected chi connectivity index (χ0v) is 5.39. The Bertz CT molecular complexity index is 82.5. The van der Waals surface area contributed by atoms with Crippen molar-refractivity contribution in [2.45, 2.75) is 13.0 Å². The summed E-state index contributed by atoms with van der Waals surface area (Å²) >= 11 is 0. The van der Waals surface area contributed by atoms with Gasteiger partial charge in [-0.05, 0) is 6.92 Å². The summed E-state index contributed by atoms with van der Waals surface area (Å²) in [5.41, 5.74) is 0. The first-order chi connectivity index (χ1) is 3.72. The minimum Gasteiger partial charge on any atom is -0.483 e. The quantitative estimate of drug-likeness (QED) is 0.426. The monoisotopic (exact) mass is 117 g/mol. The fourth-order valence-electron chi connectivity index (χ4n) is 0.273. The molecule has 0 saturated heterocycles. The van der Waals surface area contributed by atoms with Gasteiger partial charge in [-0.2, -0.15) is 0 Å². The van der Waals surface area contributed by atoms with E-state index in [1.807, 2.05) is 0 Å². The Morgan fingerprint density at radius 1 is 1.50 bits per heavy atom. The predicted molar refractivity (Wildman–Crippen MR) is 31.2 cm³/mol. The van der Waals surface area contributed by atoms with E-state index in [-0.39, 0.29) is 12.0 Å². The van der Waals surface area contributed by atoms with Gasteiger partial charge in [-0.1, -0.05) is 0 Å².